The normalized spacial score (nSPS) is 14.0. The highest BCUT2D eigenvalue weighted by molar-refractivity contribution is 7.90. The van der Waals surface area contributed by atoms with Crippen molar-refractivity contribution in [3.8, 4) is 0 Å². The van der Waals surface area contributed by atoms with Gasteiger partial charge in [0.1, 0.15) is 0 Å². The van der Waals surface area contributed by atoms with E-state index in [0.717, 1.165) is 19.1 Å². The number of sulfone groups is 1. The number of hydrogen-bond donors (Lipinski definition) is 1. The zero-order chi connectivity index (χ0) is 15.0. The fourth-order valence-electron chi connectivity index (χ4n) is 2.44. The summed E-state index contributed by atoms with van der Waals surface area (Å²) in [6.07, 6.45) is 4.41. The molecular weight excluding hydrogens is 306 g/mol. The van der Waals surface area contributed by atoms with E-state index in [2.05, 4.69) is 5.32 Å². The van der Waals surface area contributed by atoms with E-state index in [-0.39, 0.29) is 10.8 Å². The Morgan fingerprint density at radius 2 is 2.05 bits per heavy atom. The Kier molecular flexibility index (Phi) is 3.59. The second kappa shape index (κ2) is 5.27. The summed E-state index contributed by atoms with van der Waals surface area (Å²) >= 11 is 1.53. The standard InChI is InChI=1S/C15H15NO3S2/c1-21(18,19)12-6-3-5-11(9-12)16-15(17)14-8-10-4-2-7-13(10)20-14/h3,5-6,8-9H,2,4,7H2,1H3,(H,16,17). The highest BCUT2D eigenvalue weighted by Crippen LogP contribution is 2.31. The Morgan fingerprint density at radius 1 is 1.24 bits per heavy atom. The smallest absolute Gasteiger partial charge is 0.265 e. The zero-order valence-corrected chi connectivity index (χ0v) is 13.2. The number of anilines is 1. The van der Waals surface area contributed by atoms with E-state index < -0.39 is 9.84 Å². The minimum Gasteiger partial charge on any atom is -0.321 e. The van der Waals surface area contributed by atoms with Crippen LogP contribution in [0.5, 0.6) is 0 Å². The van der Waals surface area contributed by atoms with Crippen LogP contribution in [0.15, 0.2) is 35.2 Å². The summed E-state index contributed by atoms with van der Waals surface area (Å²) in [6, 6.07) is 8.26. The molecule has 110 valence electrons. The number of amides is 1. The van der Waals surface area contributed by atoms with Crippen LogP contribution in [0, 0.1) is 0 Å². The van der Waals surface area contributed by atoms with Crippen LogP contribution in [0.1, 0.15) is 26.5 Å². The molecule has 0 aliphatic heterocycles. The molecule has 4 nitrogen and oxygen atoms in total. The van der Waals surface area contributed by atoms with Crippen molar-refractivity contribution in [2.24, 2.45) is 0 Å². The molecular formula is C15H15NO3S2. The van der Waals surface area contributed by atoms with Gasteiger partial charge in [0.05, 0.1) is 9.77 Å². The van der Waals surface area contributed by atoms with Crippen LogP contribution in [0.25, 0.3) is 0 Å². The molecule has 1 aromatic heterocycles. The van der Waals surface area contributed by atoms with Gasteiger partial charge in [-0.3, -0.25) is 4.79 Å². The Balaban J connectivity index is 1.81. The molecule has 0 saturated carbocycles. The van der Waals surface area contributed by atoms with Crippen molar-refractivity contribution in [2.75, 3.05) is 11.6 Å². The van der Waals surface area contributed by atoms with E-state index in [0.29, 0.717) is 10.6 Å². The number of thiophene rings is 1. The van der Waals surface area contributed by atoms with Crippen LogP contribution < -0.4 is 5.32 Å². The lowest BCUT2D eigenvalue weighted by molar-refractivity contribution is 0.103. The molecule has 3 rings (SSSR count). The van der Waals surface area contributed by atoms with Gasteiger partial charge in [-0.05, 0) is 49.1 Å². The molecule has 1 aliphatic carbocycles. The van der Waals surface area contributed by atoms with Crippen LogP contribution in [-0.2, 0) is 22.7 Å². The molecule has 0 fully saturated rings. The van der Waals surface area contributed by atoms with Gasteiger partial charge in [0.15, 0.2) is 9.84 Å². The summed E-state index contributed by atoms with van der Waals surface area (Å²) in [7, 11) is -3.27. The second-order valence-corrected chi connectivity index (χ2v) is 8.32. The van der Waals surface area contributed by atoms with Crippen LogP contribution in [0.3, 0.4) is 0 Å². The fourth-order valence-corrected chi connectivity index (χ4v) is 4.25. The summed E-state index contributed by atoms with van der Waals surface area (Å²) in [6.45, 7) is 0. The summed E-state index contributed by atoms with van der Waals surface area (Å²) < 4.78 is 23.0. The van der Waals surface area contributed by atoms with Gasteiger partial charge in [-0.25, -0.2) is 8.42 Å². The first-order valence-electron chi connectivity index (χ1n) is 6.66. The fraction of sp³-hybridized carbons (Fsp3) is 0.267. The van der Waals surface area contributed by atoms with Crippen molar-refractivity contribution in [3.63, 3.8) is 0 Å². The van der Waals surface area contributed by atoms with Gasteiger partial charge in [0.2, 0.25) is 0 Å². The van der Waals surface area contributed by atoms with Crippen molar-refractivity contribution in [1.29, 1.82) is 0 Å². The van der Waals surface area contributed by atoms with E-state index in [4.69, 9.17) is 0 Å². The number of benzene rings is 1. The van der Waals surface area contributed by atoms with E-state index in [1.54, 1.807) is 12.1 Å². The molecule has 21 heavy (non-hydrogen) atoms. The van der Waals surface area contributed by atoms with Crippen molar-refractivity contribution >= 4 is 32.8 Å². The molecule has 1 aliphatic rings. The Hall–Kier alpha value is -1.66. The SMILES string of the molecule is CS(=O)(=O)c1cccc(NC(=O)c2cc3c(s2)CCC3)c1. The molecule has 0 radical (unpaired) electrons. The molecule has 1 heterocycles. The molecule has 1 N–H and O–H groups in total. The van der Waals surface area contributed by atoms with E-state index in [9.17, 15) is 13.2 Å². The molecule has 6 heteroatoms. The number of nitrogens with one attached hydrogen (secondary N) is 1. The predicted molar refractivity (Wildman–Crippen MR) is 83.8 cm³/mol. The van der Waals surface area contributed by atoms with Gasteiger partial charge in [-0.15, -0.1) is 11.3 Å². The first kappa shape index (κ1) is 14.3. The molecule has 0 unspecified atom stereocenters. The van der Waals surface area contributed by atoms with Crippen molar-refractivity contribution in [1.82, 2.24) is 0 Å². The quantitative estimate of drug-likeness (QED) is 0.945. The first-order valence-corrected chi connectivity index (χ1v) is 9.37. The maximum atomic E-state index is 12.2. The van der Waals surface area contributed by atoms with Crippen LogP contribution >= 0.6 is 11.3 Å². The van der Waals surface area contributed by atoms with Crippen molar-refractivity contribution in [2.45, 2.75) is 24.2 Å². The molecule has 0 bridgehead atoms. The van der Waals surface area contributed by atoms with Crippen LogP contribution in [0.4, 0.5) is 5.69 Å². The number of rotatable bonds is 3. The van der Waals surface area contributed by atoms with Gasteiger partial charge in [0, 0.05) is 16.8 Å². The van der Waals surface area contributed by atoms with Gasteiger partial charge < -0.3 is 5.32 Å². The minimum atomic E-state index is -3.27. The minimum absolute atomic E-state index is 0.181. The van der Waals surface area contributed by atoms with Gasteiger partial charge in [-0.2, -0.15) is 0 Å². The van der Waals surface area contributed by atoms with Crippen molar-refractivity contribution in [3.05, 3.63) is 45.6 Å². The molecule has 2 aromatic rings. The zero-order valence-electron chi connectivity index (χ0n) is 11.5. The lowest BCUT2D eigenvalue weighted by atomic mass is 10.2. The monoisotopic (exact) mass is 321 g/mol. The summed E-state index contributed by atoms with van der Waals surface area (Å²) in [4.78, 5) is 14.4. The van der Waals surface area contributed by atoms with Gasteiger partial charge >= 0.3 is 0 Å². The van der Waals surface area contributed by atoms with E-state index >= 15 is 0 Å². The highest BCUT2D eigenvalue weighted by atomic mass is 32.2. The summed E-state index contributed by atoms with van der Waals surface area (Å²) in [5.41, 5.74) is 1.77. The lowest BCUT2D eigenvalue weighted by Crippen LogP contribution is -2.10. The maximum absolute atomic E-state index is 12.2. The van der Waals surface area contributed by atoms with E-state index in [1.807, 2.05) is 6.07 Å². The first-order chi connectivity index (χ1) is 9.93. The third-order valence-corrected chi connectivity index (χ3v) is 5.84. The third kappa shape index (κ3) is 3.01. The predicted octanol–water partition coefficient (Wildman–Crippen LogP) is 2.89. The number of carbonyl (C=O) groups excluding carboxylic acids is 1. The Labute approximate surface area is 127 Å². The average molecular weight is 321 g/mol. The van der Waals surface area contributed by atoms with Gasteiger partial charge in [-0.1, -0.05) is 6.07 Å². The highest BCUT2D eigenvalue weighted by Gasteiger charge is 2.18. The number of aryl methyl sites for hydroxylation is 2. The summed E-state index contributed by atoms with van der Waals surface area (Å²) in [5.74, 6) is -0.181. The molecule has 0 atom stereocenters. The Bertz CT molecular complexity index is 785. The third-order valence-electron chi connectivity index (χ3n) is 3.49. The topological polar surface area (TPSA) is 63.2 Å². The van der Waals surface area contributed by atoms with Crippen LogP contribution in [0.2, 0.25) is 0 Å². The molecule has 1 aromatic carbocycles. The molecule has 0 saturated heterocycles. The number of hydrogen-bond acceptors (Lipinski definition) is 4. The van der Waals surface area contributed by atoms with Crippen LogP contribution in [-0.4, -0.2) is 20.6 Å². The molecule has 1 amide bonds. The largest absolute Gasteiger partial charge is 0.321 e. The molecule has 0 spiro atoms. The lowest BCUT2D eigenvalue weighted by Gasteiger charge is -2.05. The maximum Gasteiger partial charge on any atom is 0.265 e. The Morgan fingerprint density at radius 3 is 2.76 bits per heavy atom. The number of fused-ring (bicyclic) bond motifs is 1. The summed E-state index contributed by atoms with van der Waals surface area (Å²) in [5, 5.41) is 2.77. The average Bonchev–Trinajstić information content (AvgIpc) is 2.98. The van der Waals surface area contributed by atoms with Gasteiger partial charge in [0.25, 0.3) is 5.91 Å². The van der Waals surface area contributed by atoms with Crippen molar-refractivity contribution < 1.29 is 13.2 Å². The number of carbonyl (C=O) groups is 1. The second-order valence-electron chi connectivity index (χ2n) is 5.17. The van der Waals surface area contributed by atoms with E-state index in [1.165, 1.54) is 40.3 Å².